The maximum absolute atomic E-state index is 12.4. The van der Waals surface area contributed by atoms with Gasteiger partial charge in [0, 0.05) is 31.1 Å². The van der Waals surface area contributed by atoms with E-state index in [0.29, 0.717) is 17.2 Å². The van der Waals surface area contributed by atoms with Gasteiger partial charge in [0.2, 0.25) is 16.0 Å². The van der Waals surface area contributed by atoms with Gasteiger partial charge in [-0.3, -0.25) is 9.40 Å². The molecule has 4 aromatic rings. The normalized spacial score (nSPS) is 11.2. The minimum Gasteiger partial charge on any atom is -0.309 e. The van der Waals surface area contributed by atoms with Crippen molar-refractivity contribution in [2.24, 2.45) is 7.05 Å². The number of nitrogens with one attached hydrogen (secondary N) is 2. The molecular weight excluding hydrogens is 402 g/mol. The molecule has 0 saturated carbocycles. The Hall–Kier alpha value is -3.79. The number of pyridine rings is 1. The smallest absolute Gasteiger partial charge is 0.238 e. The van der Waals surface area contributed by atoms with E-state index < -0.39 is 10.0 Å². The summed E-state index contributed by atoms with van der Waals surface area (Å²) in [5.74, 6) is 1.31. The first-order valence-electron chi connectivity index (χ1n) is 9.07. The Balaban J connectivity index is 1.47. The molecule has 4 rings (SSSR count). The molecule has 0 bridgehead atoms. The summed E-state index contributed by atoms with van der Waals surface area (Å²) in [6.07, 6.45) is 4.88. The van der Waals surface area contributed by atoms with Gasteiger partial charge in [-0.25, -0.2) is 23.4 Å². The molecule has 1 aromatic carbocycles. The zero-order valence-corrected chi connectivity index (χ0v) is 16.9. The van der Waals surface area contributed by atoms with Crippen molar-refractivity contribution in [2.75, 3.05) is 10.0 Å². The first-order valence-corrected chi connectivity index (χ1v) is 10.7. The molecule has 0 aliphatic carbocycles. The fourth-order valence-corrected chi connectivity index (χ4v) is 3.93. The first kappa shape index (κ1) is 19.5. The van der Waals surface area contributed by atoms with E-state index in [1.54, 1.807) is 65.7 Å². The Labute approximate surface area is 173 Å². The molecule has 30 heavy (non-hydrogen) atoms. The van der Waals surface area contributed by atoms with Crippen LogP contribution in [0.3, 0.4) is 0 Å². The highest BCUT2D eigenvalue weighted by atomic mass is 32.2. The zero-order chi connectivity index (χ0) is 21.0. The van der Waals surface area contributed by atoms with E-state index in [4.69, 9.17) is 0 Å². The molecule has 0 aliphatic rings. The van der Waals surface area contributed by atoms with Crippen LogP contribution in [0, 0.1) is 0 Å². The van der Waals surface area contributed by atoms with Crippen LogP contribution in [-0.4, -0.2) is 33.2 Å². The van der Waals surface area contributed by atoms with Gasteiger partial charge in [0.1, 0.15) is 11.6 Å². The van der Waals surface area contributed by atoms with Gasteiger partial charge in [-0.05, 0) is 23.8 Å². The molecule has 0 spiro atoms. The number of nitrogens with zero attached hydrogens (tertiary/aromatic N) is 5. The van der Waals surface area contributed by atoms with Crippen LogP contribution in [0.5, 0.6) is 0 Å². The van der Waals surface area contributed by atoms with E-state index in [1.807, 2.05) is 19.2 Å². The van der Waals surface area contributed by atoms with Crippen LogP contribution in [0.25, 0.3) is 11.3 Å². The summed E-state index contributed by atoms with van der Waals surface area (Å²) in [5, 5.41) is 7.19. The van der Waals surface area contributed by atoms with Crippen molar-refractivity contribution in [3.05, 3.63) is 78.8 Å². The second kappa shape index (κ2) is 8.29. The van der Waals surface area contributed by atoms with E-state index >= 15 is 0 Å². The summed E-state index contributed by atoms with van der Waals surface area (Å²) in [7, 11) is -1.75. The summed E-state index contributed by atoms with van der Waals surface area (Å²) in [4.78, 5) is 12.9. The fraction of sp³-hybridized carbons (Fsp3) is 0.100. The van der Waals surface area contributed by atoms with Crippen LogP contribution in [0.15, 0.2) is 73.2 Å². The molecular formula is C20H19N7O2S. The number of aromatic nitrogens is 5. The molecule has 3 heterocycles. The topological polar surface area (TPSA) is 115 Å². The molecule has 0 aliphatic heterocycles. The lowest BCUT2D eigenvalue weighted by Gasteiger charge is -2.09. The van der Waals surface area contributed by atoms with Crippen LogP contribution < -0.4 is 10.0 Å². The van der Waals surface area contributed by atoms with Gasteiger partial charge in [-0.1, -0.05) is 30.3 Å². The summed E-state index contributed by atoms with van der Waals surface area (Å²) in [6.45, 7) is 0. The Kier molecular flexibility index (Phi) is 5.40. The van der Waals surface area contributed by atoms with Crippen molar-refractivity contribution in [3.8, 4) is 11.3 Å². The van der Waals surface area contributed by atoms with Crippen molar-refractivity contribution >= 4 is 27.6 Å². The third-order valence-electron chi connectivity index (χ3n) is 4.24. The zero-order valence-electron chi connectivity index (χ0n) is 16.1. The number of hydrogen-bond acceptors (Lipinski definition) is 7. The highest BCUT2D eigenvalue weighted by Crippen LogP contribution is 2.20. The lowest BCUT2D eigenvalue weighted by Crippen LogP contribution is -2.15. The third kappa shape index (κ3) is 4.78. The van der Waals surface area contributed by atoms with Crippen LogP contribution in [-0.2, 0) is 22.8 Å². The Morgan fingerprint density at radius 1 is 0.967 bits per heavy atom. The summed E-state index contributed by atoms with van der Waals surface area (Å²) >= 11 is 0. The minimum absolute atomic E-state index is 0.119. The van der Waals surface area contributed by atoms with Crippen molar-refractivity contribution < 1.29 is 8.42 Å². The molecule has 0 saturated heterocycles. The van der Waals surface area contributed by atoms with Crippen molar-refractivity contribution in [1.82, 2.24) is 24.7 Å². The second-order valence-electron chi connectivity index (χ2n) is 6.51. The van der Waals surface area contributed by atoms with E-state index in [0.717, 1.165) is 11.4 Å². The highest BCUT2D eigenvalue weighted by molar-refractivity contribution is 7.91. The predicted molar refractivity (Wildman–Crippen MR) is 114 cm³/mol. The largest absolute Gasteiger partial charge is 0.309 e. The summed E-state index contributed by atoms with van der Waals surface area (Å²) in [5.41, 5.74) is 2.09. The average molecular weight is 421 g/mol. The second-order valence-corrected chi connectivity index (χ2v) is 8.23. The van der Waals surface area contributed by atoms with Crippen LogP contribution >= 0.6 is 0 Å². The number of anilines is 3. The minimum atomic E-state index is -3.56. The maximum Gasteiger partial charge on any atom is 0.238 e. The number of aryl methyl sites for hydroxylation is 1. The van der Waals surface area contributed by atoms with E-state index in [2.05, 4.69) is 30.1 Å². The Bertz CT molecular complexity index is 1240. The van der Waals surface area contributed by atoms with Gasteiger partial charge in [-0.15, -0.1) is 0 Å². The molecule has 10 heteroatoms. The van der Waals surface area contributed by atoms with Gasteiger partial charge in [-0.2, -0.15) is 5.10 Å². The van der Waals surface area contributed by atoms with Crippen LogP contribution in [0.2, 0.25) is 0 Å². The van der Waals surface area contributed by atoms with E-state index in [9.17, 15) is 8.42 Å². The average Bonchev–Trinajstić information content (AvgIpc) is 3.13. The molecule has 0 amide bonds. The molecule has 9 nitrogen and oxygen atoms in total. The summed E-state index contributed by atoms with van der Waals surface area (Å²) < 4.78 is 28.9. The van der Waals surface area contributed by atoms with Crippen molar-refractivity contribution in [1.29, 1.82) is 0 Å². The third-order valence-corrected chi connectivity index (χ3v) is 5.47. The molecule has 3 aromatic heterocycles. The van der Waals surface area contributed by atoms with E-state index in [1.165, 1.54) is 0 Å². The molecule has 0 atom stereocenters. The number of rotatable bonds is 7. The van der Waals surface area contributed by atoms with Gasteiger partial charge in [0.05, 0.1) is 17.6 Å². The summed E-state index contributed by atoms with van der Waals surface area (Å²) in [6, 6.07) is 15.9. The van der Waals surface area contributed by atoms with Gasteiger partial charge < -0.3 is 5.32 Å². The van der Waals surface area contributed by atoms with Crippen LogP contribution in [0.4, 0.5) is 17.6 Å². The number of hydrogen-bond donors (Lipinski definition) is 2. The maximum atomic E-state index is 12.4. The number of sulfonamides is 1. The highest BCUT2D eigenvalue weighted by Gasteiger charge is 2.13. The molecule has 0 unspecified atom stereocenters. The van der Waals surface area contributed by atoms with Crippen molar-refractivity contribution in [3.63, 3.8) is 0 Å². The van der Waals surface area contributed by atoms with Gasteiger partial charge in [0.15, 0.2) is 0 Å². The molecule has 2 N–H and O–H groups in total. The standard InChI is InChI=1S/C20H19N7O2S/c1-27-19(10-12-23-27)25-20-21-11-9-17(24-20)16-7-8-18(22-13-16)26-30(28,29)14-15-5-3-2-4-6-15/h2-13H,14H2,1H3,(H,22,26)(H,21,24,25). The van der Waals surface area contributed by atoms with Gasteiger partial charge >= 0.3 is 0 Å². The lowest BCUT2D eigenvalue weighted by atomic mass is 10.2. The van der Waals surface area contributed by atoms with E-state index in [-0.39, 0.29) is 11.6 Å². The molecule has 0 radical (unpaired) electrons. The Morgan fingerprint density at radius 3 is 2.50 bits per heavy atom. The van der Waals surface area contributed by atoms with Gasteiger partial charge in [0.25, 0.3) is 0 Å². The SMILES string of the molecule is Cn1nccc1Nc1nccc(-c2ccc(NS(=O)(=O)Cc3ccccc3)nc2)n1. The van der Waals surface area contributed by atoms with Crippen molar-refractivity contribution in [2.45, 2.75) is 5.75 Å². The van der Waals surface area contributed by atoms with Crippen LogP contribution in [0.1, 0.15) is 5.56 Å². The Morgan fingerprint density at radius 2 is 1.80 bits per heavy atom. The molecule has 0 fully saturated rings. The fourth-order valence-electron chi connectivity index (χ4n) is 2.79. The quantitative estimate of drug-likeness (QED) is 0.471. The molecule has 152 valence electrons. The predicted octanol–water partition coefficient (Wildman–Crippen LogP) is 2.96. The first-order chi connectivity index (χ1) is 14.5. The monoisotopic (exact) mass is 421 g/mol. The number of benzene rings is 1. The lowest BCUT2D eigenvalue weighted by molar-refractivity contribution is 0.600.